The van der Waals surface area contributed by atoms with Gasteiger partial charge in [0.1, 0.15) is 5.82 Å². The fourth-order valence-electron chi connectivity index (χ4n) is 1.24. The minimum atomic E-state index is -0.427. The van der Waals surface area contributed by atoms with Crippen molar-refractivity contribution in [1.82, 2.24) is 10.2 Å². The van der Waals surface area contributed by atoms with Crippen LogP contribution in [-0.2, 0) is 0 Å². The van der Waals surface area contributed by atoms with Crippen molar-refractivity contribution in [2.24, 2.45) is 5.84 Å². The van der Waals surface area contributed by atoms with E-state index in [-0.39, 0.29) is 6.04 Å². The van der Waals surface area contributed by atoms with Gasteiger partial charge in [-0.25, -0.2) is 5.84 Å². The molecule has 0 aliphatic carbocycles. The fraction of sp³-hybridized carbons (Fsp3) is 0.556. The lowest BCUT2D eigenvalue weighted by Crippen LogP contribution is -2.31. The van der Waals surface area contributed by atoms with Crippen LogP contribution in [0.5, 0.6) is 0 Å². The van der Waals surface area contributed by atoms with E-state index >= 15 is 0 Å². The zero-order valence-corrected chi connectivity index (χ0v) is 8.94. The highest BCUT2D eigenvalue weighted by molar-refractivity contribution is 5.41. The molecular formula is C9H17N5O. The molecule has 15 heavy (non-hydrogen) atoms. The van der Waals surface area contributed by atoms with Crippen molar-refractivity contribution in [2.75, 3.05) is 10.7 Å². The highest BCUT2D eigenvalue weighted by atomic mass is 16.3. The molecule has 5 N–H and O–H groups in total. The van der Waals surface area contributed by atoms with Gasteiger partial charge in [0.15, 0.2) is 5.82 Å². The summed E-state index contributed by atoms with van der Waals surface area (Å²) in [6, 6.07) is 3.45. The second kappa shape index (κ2) is 5.47. The van der Waals surface area contributed by atoms with Gasteiger partial charge in [0.2, 0.25) is 0 Å². The first-order chi connectivity index (χ1) is 7.17. The first kappa shape index (κ1) is 11.7. The molecule has 6 heteroatoms. The van der Waals surface area contributed by atoms with Crippen molar-refractivity contribution < 1.29 is 5.11 Å². The third kappa shape index (κ3) is 3.34. The zero-order chi connectivity index (χ0) is 11.3. The molecule has 0 saturated carbocycles. The Morgan fingerprint density at radius 1 is 1.40 bits per heavy atom. The summed E-state index contributed by atoms with van der Waals surface area (Å²) in [5.41, 5.74) is 2.39. The molecule has 1 aromatic heterocycles. The first-order valence-corrected chi connectivity index (χ1v) is 4.92. The van der Waals surface area contributed by atoms with Gasteiger partial charge in [-0.1, -0.05) is 6.92 Å². The molecule has 0 aliphatic heterocycles. The van der Waals surface area contributed by atoms with Crippen molar-refractivity contribution in [3.63, 3.8) is 0 Å². The number of aromatic nitrogens is 2. The van der Waals surface area contributed by atoms with Gasteiger partial charge in [0, 0.05) is 0 Å². The lowest BCUT2D eigenvalue weighted by Gasteiger charge is -2.19. The van der Waals surface area contributed by atoms with E-state index in [0.29, 0.717) is 11.6 Å². The standard InChI is InChI=1S/C9H17N5O/c1-3-7(6(2)15)11-8-4-5-9(12-10)14-13-8/h4-7,15H,3,10H2,1-2H3,(H,11,13)(H,12,14). The fourth-order valence-corrected chi connectivity index (χ4v) is 1.24. The normalized spacial score (nSPS) is 14.4. The van der Waals surface area contributed by atoms with Gasteiger partial charge >= 0.3 is 0 Å². The monoisotopic (exact) mass is 211 g/mol. The molecule has 1 heterocycles. The van der Waals surface area contributed by atoms with Gasteiger partial charge in [-0.3, -0.25) is 0 Å². The molecule has 0 saturated heterocycles. The number of hydrogen-bond donors (Lipinski definition) is 4. The zero-order valence-electron chi connectivity index (χ0n) is 8.94. The van der Waals surface area contributed by atoms with Crippen LogP contribution >= 0.6 is 0 Å². The van der Waals surface area contributed by atoms with E-state index in [0.717, 1.165) is 6.42 Å². The van der Waals surface area contributed by atoms with E-state index < -0.39 is 6.10 Å². The number of nitrogen functional groups attached to an aromatic ring is 1. The molecule has 1 aromatic rings. The molecule has 1 rings (SSSR count). The molecule has 0 fully saturated rings. The second-order valence-corrected chi connectivity index (χ2v) is 3.35. The third-order valence-corrected chi connectivity index (χ3v) is 2.17. The van der Waals surface area contributed by atoms with Crippen LogP contribution in [-0.4, -0.2) is 27.4 Å². The summed E-state index contributed by atoms with van der Waals surface area (Å²) in [4.78, 5) is 0. The van der Waals surface area contributed by atoms with Crippen LogP contribution in [0.2, 0.25) is 0 Å². The molecule has 0 amide bonds. The highest BCUT2D eigenvalue weighted by Crippen LogP contribution is 2.09. The molecule has 2 atom stereocenters. The van der Waals surface area contributed by atoms with Crippen molar-refractivity contribution in [1.29, 1.82) is 0 Å². The number of rotatable bonds is 5. The predicted molar refractivity (Wildman–Crippen MR) is 59.2 cm³/mol. The molecule has 6 nitrogen and oxygen atoms in total. The van der Waals surface area contributed by atoms with Crippen LogP contribution in [0, 0.1) is 0 Å². The minimum absolute atomic E-state index is 0.0176. The maximum atomic E-state index is 9.43. The second-order valence-electron chi connectivity index (χ2n) is 3.35. The summed E-state index contributed by atoms with van der Waals surface area (Å²) < 4.78 is 0. The number of nitrogens with one attached hydrogen (secondary N) is 2. The Morgan fingerprint density at radius 2 is 2.00 bits per heavy atom. The van der Waals surface area contributed by atoms with Gasteiger partial charge in [-0.2, -0.15) is 0 Å². The molecular weight excluding hydrogens is 194 g/mol. The predicted octanol–water partition coefficient (Wildman–Crippen LogP) is 0.333. The molecule has 0 aromatic carbocycles. The Labute approximate surface area is 88.9 Å². The number of aliphatic hydroxyl groups excluding tert-OH is 1. The van der Waals surface area contributed by atoms with E-state index in [1.165, 1.54) is 0 Å². The summed E-state index contributed by atoms with van der Waals surface area (Å²) in [6.45, 7) is 3.73. The average Bonchev–Trinajstić information content (AvgIpc) is 2.26. The topological polar surface area (TPSA) is 96.1 Å². The molecule has 0 bridgehead atoms. The maximum absolute atomic E-state index is 9.43. The number of hydrogen-bond acceptors (Lipinski definition) is 6. The third-order valence-electron chi connectivity index (χ3n) is 2.17. The van der Waals surface area contributed by atoms with Crippen molar-refractivity contribution in [3.8, 4) is 0 Å². The van der Waals surface area contributed by atoms with Crippen molar-refractivity contribution in [3.05, 3.63) is 12.1 Å². The molecule has 0 radical (unpaired) electrons. The Morgan fingerprint density at radius 3 is 2.40 bits per heavy atom. The Hall–Kier alpha value is -1.40. The molecule has 84 valence electrons. The van der Waals surface area contributed by atoms with Gasteiger partial charge in [0.25, 0.3) is 0 Å². The molecule has 0 spiro atoms. The highest BCUT2D eigenvalue weighted by Gasteiger charge is 2.12. The minimum Gasteiger partial charge on any atom is -0.391 e. The Balaban J connectivity index is 2.63. The van der Waals surface area contributed by atoms with E-state index in [4.69, 9.17) is 5.84 Å². The smallest absolute Gasteiger partial charge is 0.162 e. The van der Waals surface area contributed by atoms with Crippen molar-refractivity contribution in [2.45, 2.75) is 32.4 Å². The van der Waals surface area contributed by atoms with Crippen LogP contribution in [0.15, 0.2) is 12.1 Å². The SMILES string of the molecule is CCC(Nc1ccc(NN)nn1)C(C)O. The number of nitrogens with two attached hydrogens (primary N) is 1. The van der Waals surface area contributed by atoms with Gasteiger partial charge in [-0.15, -0.1) is 10.2 Å². The van der Waals surface area contributed by atoms with Gasteiger partial charge < -0.3 is 15.8 Å². The number of anilines is 2. The Bertz CT molecular complexity index is 287. The van der Waals surface area contributed by atoms with Crippen LogP contribution in [0.4, 0.5) is 11.6 Å². The summed E-state index contributed by atoms with van der Waals surface area (Å²) in [6.07, 6.45) is 0.389. The summed E-state index contributed by atoms with van der Waals surface area (Å²) in [7, 11) is 0. The van der Waals surface area contributed by atoms with Crippen LogP contribution < -0.4 is 16.6 Å². The largest absolute Gasteiger partial charge is 0.391 e. The lowest BCUT2D eigenvalue weighted by atomic mass is 10.1. The molecule has 2 unspecified atom stereocenters. The first-order valence-electron chi connectivity index (χ1n) is 4.92. The number of aliphatic hydroxyl groups is 1. The summed E-state index contributed by atoms with van der Waals surface area (Å²) >= 11 is 0. The maximum Gasteiger partial charge on any atom is 0.162 e. The summed E-state index contributed by atoms with van der Waals surface area (Å²) in [5.74, 6) is 6.29. The van der Waals surface area contributed by atoms with Crippen LogP contribution in [0.3, 0.4) is 0 Å². The van der Waals surface area contributed by atoms with Crippen LogP contribution in [0.25, 0.3) is 0 Å². The van der Waals surface area contributed by atoms with E-state index in [2.05, 4.69) is 20.9 Å². The Kier molecular flexibility index (Phi) is 4.26. The van der Waals surface area contributed by atoms with Crippen LogP contribution in [0.1, 0.15) is 20.3 Å². The lowest BCUT2D eigenvalue weighted by molar-refractivity contribution is 0.169. The van der Waals surface area contributed by atoms with E-state index in [9.17, 15) is 5.11 Å². The quantitative estimate of drug-likeness (QED) is 0.414. The van der Waals surface area contributed by atoms with E-state index in [1.54, 1.807) is 19.1 Å². The van der Waals surface area contributed by atoms with E-state index in [1.807, 2.05) is 6.92 Å². The number of hydrazine groups is 1. The summed E-state index contributed by atoms with van der Waals surface area (Å²) in [5, 5.41) is 20.2. The van der Waals surface area contributed by atoms with Gasteiger partial charge in [0.05, 0.1) is 12.1 Å². The average molecular weight is 211 g/mol. The number of nitrogens with zero attached hydrogens (tertiary/aromatic N) is 2. The van der Waals surface area contributed by atoms with Gasteiger partial charge in [-0.05, 0) is 25.5 Å². The molecule has 0 aliphatic rings. The van der Waals surface area contributed by atoms with Crippen molar-refractivity contribution >= 4 is 11.6 Å².